The number of rotatable bonds is 4. The van der Waals surface area contributed by atoms with Crippen LogP contribution < -0.4 is 5.32 Å². The minimum atomic E-state index is 0.107. The first-order valence-corrected chi connectivity index (χ1v) is 9.33. The smallest absolute Gasteiger partial charge is 0.0849 e. The molecule has 1 aromatic rings. The summed E-state index contributed by atoms with van der Waals surface area (Å²) < 4.78 is 0. The van der Waals surface area contributed by atoms with E-state index in [4.69, 9.17) is 11.6 Å². The van der Waals surface area contributed by atoms with Gasteiger partial charge in [0.05, 0.1) is 16.4 Å². The average Bonchev–Trinajstić information content (AvgIpc) is 2.42. The fraction of sp³-hybridized carbons (Fsp3) is 0.750. The molecule has 23 heavy (non-hydrogen) atoms. The summed E-state index contributed by atoms with van der Waals surface area (Å²) in [6.45, 7) is 13.9. The summed E-state index contributed by atoms with van der Waals surface area (Å²) >= 11 is 6.53. The summed E-state index contributed by atoms with van der Waals surface area (Å²) in [4.78, 5) is 4.30. The van der Waals surface area contributed by atoms with Crippen LogP contribution in [0.2, 0.25) is 5.02 Å². The van der Waals surface area contributed by atoms with E-state index >= 15 is 0 Å². The van der Waals surface area contributed by atoms with E-state index in [1.54, 1.807) is 0 Å². The van der Waals surface area contributed by atoms with Gasteiger partial charge >= 0.3 is 0 Å². The molecule has 0 amide bonds. The van der Waals surface area contributed by atoms with Gasteiger partial charge in [0.25, 0.3) is 0 Å². The van der Waals surface area contributed by atoms with Gasteiger partial charge in [0.2, 0.25) is 0 Å². The molecule has 0 bridgehead atoms. The third kappa shape index (κ3) is 4.21. The van der Waals surface area contributed by atoms with Gasteiger partial charge in [-0.3, -0.25) is 4.98 Å². The van der Waals surface area contributed by atoms with E-state index in [1.807, 2.05) is 19.2 Å². The van der Waals surface area contributed by atoms with Crippen LogP contribution in [0.4, 0.5) is 5.69 Å². The highest BCUT2D eigenvalue weighted by Gasteiger charge is 2.47. The fourth-order valence-electron chi connectivity index (χ4n) is 4.52. The molecule has 1 N–H and O–H groups in total. The van der Waals surface area contributed by atoms with Crippen molar-refractivity contribution in [1.82, 2.24) is 4.98 Å². The van der Waals surface area contributed by atoms with Crippen molar-refractivity contribution in [3.8, 4) is 0 Å². The SMILES string of the molecule is Cc1nccc(NC2(C(C)(C)CC(C)(C)C)CCCCC2)c1Cl. The van der Waals surface area contributed by atoms with Crippen molar-refractivity contribution in [2.45, 2.75) is 85.6 Å². The number of halogens is 1. The van der Waals surface area contributed by atoms with E-state index in [-0.39, 0.29) is 11.0 Å². The Kier molecular flexibility index (Phi) is 5.35. The van der Waals surface area contributed by atoms with Crippen LogP contribution in [0.1, 0.15) is 78.8 Å². The van der Waals surface area contributed by atoms with Crippen LogP contribution in [-0.2, 0) is 0 Å². The molecule has 1 saturated carbocycles. The molecule has 1 aliphatic carbocycles. The van der Waals surface area contributed by atoms with Gasteiger partial charge in [-0.1, -0.05) is 65.5 Å². The molecule has 0 spiro atoms. The number of hydrogen-bond acceptors (Lipinski definition) is 2. The van der Waals surface area contributed by atoms with Gasteiger partial charge in [-0.15, -0.1) is 0 Å². The molecule has 0 aliphatic heterocycles. The Hall–Kier alpha value is -0.760. The van der Waals surface area contributed by atoms with E-state index in [2.05, 4.69) is 44.9 Å². The summed E-state index contributed by atoms with van der Waals surface area (Å²) in [5.74, 6) is 0. The molecule has 2 rings (SSSR count). The van der Waals surface area contributed by atoms with Crippen LogP contribution in [0.25, 0.3) is 0 Å². The van der Waals surface area contributed by atoms with Crippen molar-refractivity contribution in [3.05, 3.63) is 23.0 Å². The standard InChI is InChI=1S/C20H33ClN2/c1-15-17(21)16(10-13-22-15)23-20(11-8-7-9-12-20)19(5,6)14-18(2,3)4/h10,13H,7-9,11-12,14H2,1-6H3,(H,22,23). The Bertz CT molecular complexity index is 537. The highest BCUT2D eigenvalue weighted by Crippen LogP contribution is 2.50. The van der Waals surface area contributed by atoms with Crippen molar-refractivity contribution in [1.29, 1.82) is 0 Å². The molecule has 3 heteroatoms. The maximum absolute atomic E-state index is 6.53. The van der Waals surface area contributed by atoms with E-state index in [9.17, 15) is 0 Å². The van der Waals surface area contributed by atoms with Crippen LogP contribution in [0.5, 0.6) is 0 Å². The lowest BCUT2D eigenvalue weighted by atomic mass is 9.59. The highest BCUT2D eigenvalue weighted by atomic mass is 35.5. The van der Waals surface area contributed by atoms with Crippen molar-refractivity contribution < 1.29 is 0 Å². The van der Waals surface area contributed by atoms with Gasteiger partial charge in [-0.05, 0) is 43.1 Å². The van der Waals surface area contributed by atoms with Gasteiger partial charge in [-0.2, -0.15) is 0 Å². The molecule has 0 atom stereocenters. The Balaban J connectivity index is 2.37. The van der Waals surface area contributed by atoms with Crippen molar-refractivity contribution in [2.75, 3.05) is 5.32 Å². The molecule has 0 aromatic carbocycles. The first-order chi connectivity index (χ1) is 10.6. The lowest BCUT2D eigenvalue weighted by Gasteiger charge is -2.52. The first-order valence-electron chi connectivity index (χ1n) is 8.96. The molecular formula is C20H33ClN2. The maximum atomic E-state index is 6.53. The molecule has 0 unspecified atom stereocenters. The minimum absolute atomic E-state index is 0.107. The van der Waals surface area contributed by atoms with E-state index < -0.39 is 0 Å². The number of aromatic nitrogens is 1. The van der Waals surface area contributed by atoms with Gasteiger partial charge in [0, 0.05) is 11.7 Å². The Morgan fingerprint density at radius 2 is 1.74 bits per heavy atom. The molecule has 130 valence electrons. The molecule has 1 aliphatic rings. The Morgan fingerprint density at radius 1 is 1.13 bits per heavy atom. The monoisotopic (exact) mass is 336 g/mol. The molecule has 1 heterocycles. The Morgan fingerprint density at radius 3 is 2.30 bits per heavy atom. The number of anilines is 1. The van der Waals surface area contributed by atoms with Gasteiger partial charge < -0.3 is 5.32 Å². The van der Waals surface area contributed by atoms with Crippen molar-refractivity contribution in [2.24, 2.45) is 10.8 Å². The first kappa shape index (κ1) is 18.6. The third-order valence-electron chi connectivity index (χ3n) is 5.41. The summed E-state index contributed by atoms with van der Waals surface area (Å²) in [6.07, 6.45) is 9.41. The quantitative estimate of drug-likeness (QED) is 0.668. The van der Waals surface area contributed by atoms with E-state index in [0.717, 1.165) is 16.4 Å². The van der Waals surface area contributed by atoms with E-state index in [0.29, 0.717) is 5.41 Å². The molecule has 0 radical (unpaired) electrons. The second-order valence-corrected chi connectivity index (χ2v) is 9.52. The zero-order valence-electron chi connectivity index (χ0n) is 15.7. The summed E-state index contributed by atoms with van der Waals surface area (Å²) in [5, 5.41) is 4.66. The molecule has 2 nitrogen and oxygen atoms in total. The number of nitrogens with zero attached hydrogens (tertiary/aromatic N) is 1. The summed E-state index contributed by atoms with van der Waals surface area (Å²) in [6, 6.07) is 2.03. The zero-order chi connectivity index (χ0) is 17.3. The lowest BCUT2D eigenvalue weighted by Crippen LogP contribution is -2.53. The van der Waals surface area contributed by atoms with Gasteiger partial charge in [-0.25, -0.2) is 0 Å². The fourth-order valence-corrected chi connectivity index (χ4v) is 4.68. The van der Waals surface area contributed by atoms with E-state index in [1.165, 1.54) is 38.5 Å². The molecule has 0 saturated heterocycles. The lowest BCUT2D eigenvalue weighted by molar-refractivity contribution is 0.0840. The summed E-state index contributed by atoms with van der Waals surface area (Å²) in [5.41, 5.74) is 2.56. The Labute approximate surface area is 147 Å². The van der Waals surface area contributed by atoms with Crippen LogP contribution >= 0.6 is 11.6 Å². The maximum Gasteiger partial charge on any atom is 0.0849 e. The van der Waals surface area contributed by atoms with Crippen LogP contribution in [0, 0.1) is 17.8 Å². The highest BCUT2D eigenvalue weighted by molar-refractivity contribution is 6.33. The van der Waals surface area contributed by atoms with Crippen molar-refractivity contribution in [3.63, 3.8) is 0 Å². The number of pyridine rings is 1. The second kappa shape index (κ2) is 6.63. The van der Waals surface area contributed by atoms with Crippen molar-refractivity contribution >= 4 is 17.3 Å². The molecular weight excluding hydrogens is 304 g/mol. The van der Waals surface area contributed by atoms with Crippen LogP contribution in [0.15, 0.2) is 12.3 Å². The third-order valence-corrected chi connectivity index (χ3v) is 5.89. The zero-order valence-corrected chi connectivity index (χ0v) is 16.5. The minimum Gasteiger partial charge on any atom is -0.378 e. The predicted octanol–water partition coefficient (Wildman–Crippen LogP) is 6.62. The number of hydrogen-bond donors (Lipinski definition) is 1. The normalized spacial score (nSPS) is 18.7. The topological polar surface area (TPSA) is 24.9 Å². The largest absolute Gasteiger partial charge is 0.378 e. The van der Waals surface area contributed by atoms with Crippen LogP contribution in [-0.4, -0.2) is 10.5 Å². The van der Waals surface area contributed by atoms with Gasteiger partial charge in [0.15, 0.2) is 0 Å². The predicted molar refractivity (Wildman–Crippen MR) is 101 cm³/mol. The molecule has 1 fully saturated rings. The molecule has 1 aromatic heterocycles. The van der Waals surface area contributed by atoms with Gasteiger partial charge in [0.1, 0.15) is 0 Å². The summed E-state index contributed by atoms with van der Waals surface area (Å²) in [7, 11) is 0. The second-order valence-electron chi connectivity index (χ2n) is 9.15. The van der Waals surface area contributed by atoms with Crippen LogP contribution in [0.3, 0.4) is 0 Å². The average molecular weight is 337 g/mol. The number of nitrogens with one attached hydrogen (secondary N) is 1. The number of aryl methyl sites for hydroxylation is 1.